The summed E-state index contributed by atoms with van der Waals surface area (Å²) in [5.41, 5.74) is 2.98. The van der Waals surface area contributed by atoms with E-state index in [0.717, 1.165) is 43.5 Å². The number of halogens is 1. The van der Waals surface area contributed by atoms with Crippen LogP contribution >= 0.6 is 11.6 Å². The molecule has 1 unspecified atom stereocenters. The third-order valence-electron chi connectivity index (χ3n) is 4.86. The van der Waals surface area contributed by atoms with Gasteiger partial charge in [-0.1, -0.05) is 41.9 Å². The first-order valence-electron chi connectivity index (χ1n) is 8.78. The first kappa shape index (κ1) is 17.7. The van der Waals surface area contributed by atoms with E-state index in [9.17, 15) is 4.79 Å². The van der Waals surface area contributed by atoms with Crippen LogP contribution in [0.4, 0.5) is 0 Å². The Balaban J connectivity index is 1.63. The van der Waals surface area contributed by atoms with Crippen molar-refractivity contribution in [3.05, 3.63) is 58.4 Å². The standard InChI is InChI=1S/C20H24ClN3O/c1-15-18(20(21)23(2)22-15)12-13-19(25)24-14-6-9-17(24)11-10-16-7-4-3-5-8-16/h3-5,7-8,12-13,17H,6,9-11,14H2,1-2H3. The number of benzene rings is 1. The number of carbonyl (C=O) groups excluding carboxylic acids is 1. The monoisotopic (exact) mass is 357 g/mol. The zero-order valence-corrected chi connectivity index (χ0v) is 15.5. The zero-order chi connectivity index (χ0) is 17.8. The second-order valence-electron chi connectivity index (χ2n) is 6.60. The van der Waals surface area contributed by atoms with E-state index in [1.165, 1.54) is 5.56 Å². The van der Waals surface area contributed by atoms with Crippen molar-refractivity contribution in [3.63, 3.8) is 0 Å². The number of aromatic nitrogens is 2. The van der Waals surface area contributed by atoms with Gasteiger partial charge in [-0.25, -0.2) is 0 Å². The molecule has 1 aliphatic heterocycles. The highest BCUT2D eigenvalue weighted by atomic mass is 35.5. The lowest BCUT2D eigenvalue weighted by atomic mass is 10.0. The van der Waals surface area contributed by atoms with Crippen LogP contribution in [0.1, 0.15) is 36.1 Å². The molecule has 0 saturated carbocycles. The fourth-order valence-corrected chi connectivity index (χ4v) is 3.73. The Morgan fingerprint density at radius 2 is 2.12 bits per heavy atom. The second kappa shape index (κ2) is 7.87. The molecule has 1 atom stereocenters. The first-order chi connectivity index (χ1) is 12.1. The van der Waals surface area contributed by atoms with Crippen LogP contribution in [0.5, 0.6) is 0 Å². The molecule has 5 heteroatoms. The number of carbonyl (C=O) groups is 1. The molecular formula is C20H24ClN3O. The zero-order valence-electron chi connectivity index (χ0n) is 14.8. The average molecular weight is 358 g/mol. The maximum Gasteiger partial charge on any atom is 0.246 e. The molecule has 0 spiro atoms. The molecule has 3 rings (SSSR count). The lowest BCUT2D eigenvalue weighted by molar-refractivity contribution is -0.126. The lowest BCUT2D eigenvalue weighted by Gasteiger charge is -2.23. The normalized spacial score (nSPS) is 17.6. The van der Waals surface area contributed by atoms with Crippen molar-refractivity contribution in [1.29, 1.82) is 0 Å². The number of amides is 1. The summed E-state index contributed by atoms with van der Waals surface area (Å²) >= 11 is 6.23. The number of hydrogen-bond donors (Lipinski definition) is 0. The maximum atomic E-state index is 12.6. The summed E-state index contributed by atoms with van der Waals surface area (Å²) in [6.45, 7) is 2.73. The van der Waals surface area contributed by atoms with Crippen LogP contribution in [0, 0.1) is 6.92 Å². The van der Waals surface area contributed by atoms with Crippen LogP contribution in [0.3, 0.4) is 0 Å². The summed E-state index contributed by atoms with van der Waals surface area (Å²) in [5, 5.41) is 4.83. The third kappa shape index (κ3) is 4.13. The van der Waals surface area contributed by atoms with E-state index in [2.05, 4.69) is 29.4 Å². The number of rotatable bonds is 5. The molecule has 1 aliphatic rings. The van der Waals surface area contributed by atoms with Gasteiger partial charge in [0.25, 0.3) is 0 Å². The summed E-state index contributed by atoms with van der Waals surface area (Å²) in [7, 11) is 1.80. The van der Waals surface area contributed by atoms with E-state index in [1.54, 1.807) is 23.9 Å². The number of hydrogen-bond acceptors (Lipinski definition) is 2. The lowest BCUT2D eigenvalue weighted by Crippen LogP contribution is -2.34. The molecule has 0 bridgehead atoms. The topological polar surface area (TPSA) is 38.1 Å². The Bertz CT molecular complexity index is 767. The van der Waals surface area contributed by atoms with E-state index in [1.807, 2.05) is 17.9 Å². The highest BCUT2D eigenvalue weighted by Crippen LogP contribution is 2.24. The van der Waals surface area contributed by atoms with Crippen molar-refractivity contribution in [1.82, 2.24) is 14.7 Å². The number of nitrogens with zero attached hydrogens (tertiary/aromatic N) is 3. The third-order valence-corrected chi connectivity index (χ3v) is 5.31. The Morgan fingerprint density at radius 3 is 2.80 bits per heavy atom. The van der Waals surface area contributed by atoms with Gasteiger partial charge in [-0.05, 0) is 44.2 Å². The number of aryl methyl sites for hydroxylation is 3. The van der Waals surface area contributed by atoms with Crippen LogP contribution in [0.25, 0.3) is 6.08 Å². The SMILES string of the molecule is Cc1nn(C)c(Cl)c1C=CC(=O)N1CCCC1CCc1ccccc1. The summed E-state index contributed by atoms with van der Waals surface area (Å²) in [6.07, 6.45) is 7.60. The summed E-state index contributed by atoms with van der Waals surface area (Å²) in [4.78, 5) is 14.6. The first-order valence-corrected chi connectivity index (χ1v) is 9.15. The minimum Gasteiger partial charge on any atom is -0.336 e. The summed E-state index contributed by atoms with van der Waals surface area (Å²) < 4.78 is 1.62. The Morgan fingerprint density at radius 1 is 1.36 bits per heavy atom. The van der Waals surface area contributed by atoms with Gasteiger partial charge in [-0.15, -0.1) is 0 Å². The van der Waals surface area contributed by atoms with Crippen LogP contribution in [0.15, 0.2) is 36.4 Å². The molecule has 0 aliphatic carbocycles. The van der Waals surface area contributed by atoms with Crippen molar-refractivity contribution in [3.8, 4) is 0 Å². The van der Waals surface area contributed by atoms with Gasteiger partial charge < -0.3 is 4.90 Å². The minimum absolute atomic E-state index is 0.0647. The van der Waals surface area contributed by atoms with Gasteiger partial charge in [0, 0.05) is 31.3 Å². The quantitative estimate of drug-likeness (QED) is 0.758. The fourth-order valence-electron chi connectivity index (χ4n) is 3.49. The van der Waals surface area contributed by atoms with Crippen molar-refractivity contribution >= 4 is 23.6 Å². The van der Waals surface area contributed by atoms with Gasteiger partial charge in [0.05, 0.1) is 5.69 Å². The van der Waals surface area contributed by atoms with Crippen LogP contribution in [-0.2, 0) is 18.3 Å². The molecule has 4 nitrogen and oxygen atoms in total. The van der Waals surface area contributed by atoms with Crippen molar-refractivity contribution < 1.29 is 4.79 Å². The molecule has 1 amide bonds. The Labute approximate surface area is 154 Å². The molecule has 132 valence electrons. The summed E-state index contributed by atoms with van der Waals surface area (Å²) in [6, 6.07) is 10.8. The smallest absolute Gasteiger partial charge is 0.246 e. The van der Waals surface area contributed by atoms with Gasteiger partial charge in [0.1, 0.15) is 5.15 Å². The molecular weight excluding hydrogens is 334 g/mol. The second-order valence-corrected chi connectivity index (χ2v) is 6.96. The maximum absolute atomic E-state index is 12.6. The fraction of sp³-hybridized carbons (Fsp3) is 0.400. The molecule has 2 heterocycles. The van der Waals surface area contributed by atoms with Gasteiger partial charge >= 0.3 is 0 Å². The highest BCUT2D eigenvalue weighted by molar-refractivity contribution is 6.31. The van der Waals surface area contributed by atoms with Crippen LogP contribution in [0.2, 0.25) is 5.15 Å². The van der Waals surface area contributed by atoms with Crippen molar-refractivity contribution in [2.75, 3.05) is 6.54 Å². The van der Waals surface area contributed by atoms with Gasteiger partial charge in [-0.3, -0.25) is 9.48 Å². The molecule has 1 aromatic heterocycles. The molecule has 1 fully saturated rings. The van der Waals surface area contributed by atoms with E-state index < -0.39 is 0 Å². The molecule has 25 heavy (non-hydrogen) atoms. The van der Waals surface area contributed by atoms with E-state index in [0.29, 0.717) is 11.2 Å². The molecule has 1 saturated heterocycles. The largest absolute Gasteiger partial charge is 0.336 e. The van der Waals surface area contributed by atoms with E-state index >= 15 is 0 Å². The van der Waals surface area contributed by atoms with E-state index in [4.69, 9.17) is 11.6 Å². The van der Waals surface area contributed by atoms with Crippen molar-refractivity contribution in [2.24, 2.45) is 7.05 Å². The summed E-state index contributed by atoms with van der Waals surface area (Å²) in [5.74, 6) is 0.0647. The van der Waals surface area contributed by atoms with Crippen LogP contribution in [-0.4, -0.2) is 33.2 Å². The van der Waals surface area contributed by atoms with Gasteiger partial charge in [0.15, 0.2) is 0 Å². The molecule has 0 N–H and O–H groups in total. The highest BCUT2D eigenvalue weighted by Gasteiger charge is 2.27. The predicted molar refractivity (Wildman–Crippen MR) is 101 cm³/mol. The molecule has 2 aromatic rings. The minimum atomic E-state index is 0.0647. The predicted octanol–water partition coefficient (Wildman–Crippen LogP) is 4.02. The molecule has 0 radical (unpaired) electrons. The Hall–Kier alpha value is -2.07. The Kier molecular flexibility index (Phi) is 5.59. The number of likely N-dealkylation sites (tertiary alicyclic amines) is 1. The average Bonchev–Trinajstić information content (AvgIpc) is 3.17. The van der Waals surface area contributed by atoms with Crippen molar-refractivity contribution in [2.45, 2.75) is 38.6 Å². The van der Waals surface area contributed by atoms with Crippen LogP contribution < -0.4 is 0 Å². The van der Waals surface area contributed by atoms with Gasteiger partial charge in [-0.2, -0.15) is 5.10 Å². The molecule has 1 aromatic carbocycles. The van der Waals surface area contributed by atoms with Gasteiger partial charge in [0.2, 0.25) is 5.91 Å². The van der Waals surface area contributed by atoms with E-state index in [-0.39, 0.29) is 5.91 Å².